The first kappa shape index (κ1) is 25.5. The summed E-state index contributed by atoms with van der Waals surface area (Å²) < 4.78 is 11.5. The zero-order valence-electron chi connectivity index (χ0n) is 19.9. The zero-order chi connectivity index (χ0) is 24.3. The van der Waals surface area contributed by atoms with Crippen molar-refractivity contribution in [2.24, 2.45) is 0 Å². The summed E-state index contributed by atoms with van der Waals surface area (Å²) in [6.45, 7) is 3.08. The van der Waals surface area contributed by atoms with Crippen molar-refractivity contribution in [3.63, 3.8) is 0 Å². The molecule has 0 bridgehead atoms. The summed E-state index contributed by atoms with van der Waals surface area (Å²) in [6.07, 6.45) is 0. The van der Waals surface area contributed by atoms with Crippen molar-refractivity contribution in [3.8, 4) is 11.3 Å². The third kappa shape index (κ3) is 7.20. The SMILES string of the molecule is COC(=O)CN(CCn1nc(-c2ccccc2)c(CSCc2ccccc2)c1C)CC(=O)OC. The van der Waals surface area contributed by atoms with E-state index >= 15 is 0 Å². The van der Waals surface area contributed by atoms with Crippen LogP contribution in [0.3, 0.4) is 0 Å². The molecule has 8 heteroatoms. The van der Waals surface area contributed by atoms with Crippen LogP contribution >= 0.6 is 11.8 Å². The smallest absolute Gasteiger partial charge is 0.319 e. The Bertz CT molecular complexity index is 1050. The highest BCUT2D eigenvalue weighted by molar-refractivity contribution is 7.97. The van der Waals surface area contributed by atoms with E-state index in [-0.39, 0.29) is 13.1 Å². The van der Waals surface area contributed by atoms with E-state index in [0.29, 0.717) is 13.1 Å². The maximum atomic E-state index is 11.8. The van der Waals surface area contributed by atoms with E-state index in [9.17, 15) is 9.59 Å². The molecule has 2 aromatic carbocycles. The fourth-order valence-corrected chi connectivity index (χ4v) is 4.67. The second-order valence-electron chi connectivity index (χ2n) is 7.84. The van der Waals surface area contributed by atoms with E-state index in [2.05, 4.69) is 43.3 Å². The number of methoxy groups -OCH3 is 2. The van der Waals surface area contributed by atoms with Gasteiger partial charge in [0, 0.05) is 34.9 Å². The molecule has 0 aliphatic carbocycles. The second kappa shape index (κ2) is 13.0. The summed E-state index contributed by atoms with van der Waals surface area (Å²) in [5.74, 6) is 0.957. The van der Waals surface area contributed by atoms with Crippen LogP contribution < -0.4 is 0 Å². The highest BCUT2D eigenvalue weighted by Gasteiger charge is 2.19. The number of rotatable bonds is 12. The molecule has 7 nitrogen and oxygen atoms in total. The van der Waals surface area contributed by atoms with Gasteiger partial charge in [-0.1, -0.05) is 60.7 Å². The summed E-state index contributed by atoms with van der Waals surface area (Å²) >= 11 is 1.86. The van der Waals surface area contributed by atoms with E-state index in [0.717, 1.165) is 28.5 Å². The number of carbonyl (C=O) groups excluding carboxylic acids is 2. The quantitative estimate of drug-likeness (QED) is 0.363. The first-order chi connectivity index (χ1) is 16.5. The molecule has 34 heavy (non-hydrogen) atoms. The lowest BCUT2D eigenvalue weighted by molar-refractivity contribution is -0.145. The number of carbonyl (C=O) groups is 2. The molecule has 0 spiro atoms. The van der Waals surface area contributed by atoms with Crippen LogP contribution in [0.4, 0.5) is 0 Å². The highest BCUT2D eigenvalue weighted by atomic mass is 32.2. The van der Waals surface area contributed by atoms with Crippen molar-refractivity contribution >= 4 is 23.7 Å². The van der Waals surface area contributed by atoms with Gasteiger partial charge in [-0.2, -0.15) is 16.9 Å². The predicted octanol–water partition coefficient (Wildman–Crippen LogP) is 3.94. The number of benzene rings is 2. The summed E-state index contributed by atoms with van der Waals surface area (Å²) in [5.41, 5.74) is 5.60. The third-order valence-electron chi connectivity index (χ3n) is 5.52. The number of hydrogen-bond donors (Lipinski definition) is 0. The van der Waals surface area contributed by atoms with E-state index in [1.807, 2.05) is 40.7 Å². The van der Waals surface area contributed by atoms with E-state index < -0.39 is 11.9 Å². The van der Waals surface area contributed by atoms with Gasteiger partial charge in [0.05, 0.1) is 39.5 Å². The van der Waals surface area contributed by atoms with Crippen LogP contribution in [0.15, 0.2) is 60.7 Å². The molecule has 0 atom stereocenters. The van der Waals surface area contributed by atoms with Crippen molar-refractivity contribution in [2.45, 2.75) is 25.0 Å². The summed E-state index contributed by atoms with van der Waals surface area (Å²) in [5, 5.41) is 4.92. The standard InChI is InChI=1S/C26H31N3O4S/c1-20-23(19-34-18-21-10-6-4-7-11-21)26(22-12-8-5-9-13-22)27-29(20)15-14-28(16-24(30)32-2)17-25(31)33-3/h4-13H,14-19H2,1-3H3. The second-order valence-corrected chi connectivity index (χ2v) is 8.83. The molecule has 180 valence electrons. The Labute approximate surface area is 205 Å². The molecule has 0 radical (unpaired) electrons. The van der Waals surface area contributed by atoms with Crippen molar-refractivity contribution in [1.82, 2.24) is 14.7 Å². The van der Waals surface area contributed by atoms with Gasteiger partial charge in [0.1, 0.15) is 0 Å². The number of esters is 2. The fraction of sp³-hybridized carbons (Fsp3) is 0.346. The van der Waals surface area contributed by atoms with Gasteiger partial charge in [0.2, 0.25) is 0 Å². The molecule has 0 saturated heterocycles. The van der Waals surface area contributed by atoms with Crippen LogP contribution in [0.1, 0.15) is 16.8 Å². The number of thioether (sulfide) groups is 1. The minimum Gasteiger partial charge on any atom is -0.468 e. The van der Waals surface area contributed by atoms with Crippen molar-refractivity contribution in [2.75, 3.05) is 33.9 Å². The highest BCUT2D eigenvalue weighted by Crippen LogP contribution is 2.30. The van der Waals surface area contributed by atoms with Crippen LogP contribution in [0.2, 0.25) is 0 Å². The van der Waals surface area contributed by atoms with Crippen molar-refractivity contribution in [1.29, 1.82) is 0 Å². The Balaban J connectivity index is 1.78. The van der Waals surface area contributed by atoms with Crippen LogP contribution in [-0.2, 0) is 37.1 Å². The molecule has 0 aliphatic rings. The third-order valence-corrected chi connectivity index (χ3v) is 6.55. The van der Waals surface area contributed by atoms with Crippen LogP contribution in [-0.4, -0.2) is 60.5 Å². The van der Waals surface area contributed by atoms with Crippen molar-refractivity contribution < 1.29 is 19.1 Å². The van der Waals surface area contributed by atoms with Gasteiger partial charge in [-0.05, 0) is 12.5 Å². The van der Waals surface area contributed by atoms with Crippen LogP contribution in [0, 0.1) is 6.92 Å². The average molecular weight is 482 g/mol. The van der Waals surface area contributed by atoms with Gasteiger partial charge < -0.3 is 9.47 Å². The molecular formula is C26H31N3O4S. The van der Waals surface area contributed by atoms with Gasteiger partial charge in [0.25, 0.3) is 0 Å². The maximum absolute atomic E-state index is 11.8. The van der Waals surface area contributed by atoms with Crippen LogP contribution in [0.5, 0.6) is 0 Å². The molecule has 0 fully saturated rings. The summed E-state index contributed by atoms with van der Waals surface area (Å²) in [6, 6.07) is 20.6. The lowest BCUT2D eigenvalue weighted by Gasteiger charge is -2.20. The molecule has 1 aromatic heterocycles. The average Bonchev–Trinajstić information content (AvgIpc) is 3.18. The monoisotopic (exact) mass is 481 g/mol. The number of hydrogen-bond acceptors (Lipinski definition) is 7. The number of aromatic nitrogens is 2. The molecule has 3 aromatic rings. The Morgan fingerprint density at radius 1 is 0.912 bits per heavy atom. The van der Waals surface area contributed by atoms with Gasteiger partial charge in [0.15, 0.2) is 0 Å². The Kier molecular flexibility index (Phi) is 9.73. The summed E-state index contributed by atoms with van der Waals surface area (Å²) in [7, 11) is 2.67. The predicted molar refractivity (Wildman–Crippen MR) is 134 cm³/mol. The molecule has 0 aliphatic heterocycles. The summed E-state index contributed by atoms with van der Waals surface area (Å²) in [4.78, 5) is 25.3. The molecule has 0 unspecified atom stereocenters. The Morgan fingerprint density at radius 3 is 2.09 bits per heavy atom. The minimum atomic E-state index is -0.399. The number of ether oxygens (including phenoxy) is 2. The van der Waals surface area contributed by atoms with Crippen molar-refractivity contribution in [3.05, 3.63) is 77.5 Å². The molecule has 3 rings (SSSR count). The van der Waals surface area contributed by atoms with Gasteiger partial charge in [-0.3, -0.25) is 19.2 Å². The van der Waals surface area contributed by atoms with Gasteiger partial charge in [-0.25, -0.2) is 0 Å². The van der Waals surface area contributed by atoms with E-state index in [1.54, 1.807) is 4.90 Å². The zero-order valence-corrected chi connectivity index (χ0v) is 20.7. The topological polar surface area (TPSA) is 73.7 Å². The molecule has 0 saturated carbocycles. The fourth-order valence-electron chi connectivity index (χ4n) is 3.59. The lowest BCUT2D eigenvalue weighted by Crippen LogP contribution is -2.37. The normalized spacial score (nSPS) is 10.9. The Morgan fingerprint density at radius 2 is 1.50 bits per heavy atom. The molecular weight excluding hydrogens is 450 g/mol. The first-order valence-electron chi connectivity index (χ1n) is 11.1. The largest absolute Gasteiger partial charge is 0.468 e. The number of nitrogens with zero attached hydrogens (tertiary/aromatic N) is 3. The van der Waals surface area contributed by atoms with Crippen LogP contribution in [0.25, 0.3) is 11.3 Å². The molecule has 0 amide bonds. The molecule has 0 N–H and O–H groups in total. The Hall–Kier alpha value is -3.10. The minimum absolute atomic E-state index is 0.0112. The molecule has 1 heterocycles. The van der Waals surface area contributed by atoms with E-state index in [4.69, 9.17) is 14.6 Å². The van der Waals surface area contributed by atoms with E-state index in [1.165, 1.54) is 25.3 Å². The van der Waals surface area contributed by atoms with Gasteiger partial charge in [-0.15, -0.1) is 0 Å². The lowest BCUT2D eigenvalue weighted by atomic mass is 10.1. The maximum Gasteiger partial charge on any atom is 0.319 e. The van der Waals surface area contributed by atoms with Gasteiger partial charge >= 0.3 is 11.9 Å². The first-order valence-corrected chi connectivity index (χ1v) is 12.3.